The summed E-state index contributed by atoms with van der Waals surface area (Å²) in [5, 5.41) is 7.48. The molecule has 0 radical (unpaired) electrons. The zero-order chi connectivity index (χ0) is 25.7. The summed E-state index contributed by atoms with van der Waals surface area (Å²) in [6.07, 6.45) is 2.08. The molecule has 0 aliphatic heterocycles. The minimum Gasteiger partial charge on any atom is -0.494 e. The maximum absolute atomic E-state index is 12.6. The molecule has 8 heteroatoms. The Kier molecular flexibility index (Phi) is 7.63. The number of ether oxygens (including phenoxy) is 2. The Morgan fingerprint density at radius 3 is 2.28 bits per heavy atom. The first kappa shape index (κ1) is 24.9. The number of aromatic nitrogens is 4. The van der Waals surface area contributed by atoms with Crippen LogP contribution >= 0.6 is 0 Å². The van der Waals surface area contributed by atoms with Crippen LogP contribution in [0.3, 0.4) is 0 Å². The van der Waals surface area contributed by atoms with E-state index < -0.39 is 0 Å². The number of nitrogens with one attached hydrogen (secondary N) is 1. The Labute approximate surface area is 211 Å². The maximum atomic E-state index is 12.6. The zero-order valence-electron chi connectivity index (χ0n) is 21.3. The average Bonchev–Trinajstić information content (AvgIpc) is 3.13. The number of hydrogen-bond acceptors (Lipinski definition) is 6. The fourth-order valence-electron chi connectivity index (χ4n) is 3.60. The van der Waals surface area contributed by atoms with Crippen LogP contribution in [0.25, 0.3) is 5.82 Å². The van der Waals surface area contributed by atoms with Gasteiger partial charge in [-0.2, -0.15) is 10.1 Å². The largest absolute Gasteiger partial charge is 0.494 e. The lowest BCUT2D eigenvalue weighted by atomic mass is 10.2. The molecule has 2 aromatic carbocycles. The number of carbonyl (C=O) groups is 1. The molecule has 0 bridgehead atoms. The molecule has 0 atom stereocenters. The molecular formula is C28H31N5O3. The monoisotopic (exact) mass is 485 g/mol. The second kappa shape index (κ2) is 11.0. The third kappa shape index (κ3) is 5.89. The fraction of sp³-hybridized carbons (Fsp3) is 0.286. The molecule has 4 aromatic rings. The summed E-state index contributed by atoms with van der Waals surface area (Å²) in [5.74, 6) is 2.81. The van der Waals surface area contributed by atoms with E-state index in [0.717, 1.165) is 35.5 Å². The van der Waals surface area contributed by atoms with Gasteiger partial charge in [-0.3, -0.25) is 4.79 Å². The van der Waals surface area contributed by atoms with Crippen LogP contribution in [-0.4, -0.2) is 32.3 Å². The number of anilines is 1. The zero-order valence-corrected chi connectivity index (χ0v) is 21.3. The van der Waals surface area contributed by atoms with Gasteiger partial charge in [-0.25, -0.2) is 9.67 Å². The highest BCUT2D eigenvalue weighted by atomic mass is 16.5. The second-order valence-corrected chi connectivity index (χ2v) is 8.63. The van der Waals surface area contributed by atoms with Crippen molar-refractivity contribution in [2.24, 2.45) is 0 Å². The molecule has 2 aromatic heterocycles. The summed E-state index contributed by atoms with van der Waals surface area (Å²) in [7, 11) is 0. The number of hydrogen-bond donors (Lipinski definition) is 1. The van der Waals surface area contributed by atoms with E-state index in [1.54, 1.807) is 47.1 Å². The van der Waals surface area contributed by atoms with E-state index in [1.807, 2.05) is 39.8 Å². The molecule has 4 rings (SSSR count). The average molecular weight is 486 g/mol. The highest BCUT2D eigenvalue weighted by Crippen LogP contribution is 2.25. The predicted molar refractivity (Wildman–Crippen MR) is 139 cm³/mol. The van der Waals surface area contributed by atoms with Crippen molar-refractivity contribution in [3.8, 4) is 23.2 Å². The lowest BCUT2D eigenvalue weighted by Crippen LogP contribution is -2.11. The van der Waals surface area contributed by atoms with Crippen LogP contribution in [0.2, 0.25) is 0 Å². The summed E-state index contributed by atoms with van der Waals surface area (Å²) in [4.78, 5) is 21.5. The van der Waals surface area contributed by atoms with Gasteiger partial charge in [0, 0.05) is 23.0 Å². The van der Waals surface area contributed by atoms with Gasteiger partial charge in [0.15, 0.2) is 5.82 Å². The van der Waals surface area contributed by atoms with E-state index in [0.29, 0.717) is 41.1 Å². The second-order valence-electron chi connectivity index (χ2n) is 8.63. The molecule has 36 heavy (non-hydrogen) atoms. The summed E-state index contributed by atoms with van der Waals surface area (Å²) < 4.78 is 13.4. The van der Waals surface area contributed by atoms with Crippen LogP contribution in [0, 0.1) is 27.7 Å². The fourth-order valence-corrected chi connectivity index (χ4v) is 3.60. The lowest BCUT2D eigenvalue weighted by molar-refractivity contribution is 0.102. The number of rotatable bonds is 9. The van der Waals surface area contributed by atoms with Crippen LogP contribution in [0.1, 0.15) is 52.9 Å². The first-order valence-electron chi connectivity index (χ1n) is 12.0. The standard InChI is InChI=1S/C28H31N5O3/c1-6-7-16-35-24-12-8-22(9-13-24)28(34)31-23-10-14-25(15-11-23)36-27-17-26(29-21(5)30-27)33-20(4)18(2)19(3)32-33/h8-15,17H,6-7,16H2,1-5H3,(H,31,34). The number of unbranched alkanes of at least 4 members (excludes halogenated alkanes) is 1. The Morgan fingerprint density at radius 2 is 1.64 bits per heavy atom. The Hall–Kier alpha value is -4.20. The van der Waals surface area contributed by atoms with Crippen molar-refractivity contribution < 1.29 is 14.3 Å². The van der Waals surface area contributed by atoms with Gasteiger partial charge in [0.25, 0.3) is 5.91 Å². The summed E-state index contributed by atoms with van der Waals surface area (Å²) >= 11 is 0. The number of nitrogens with zero attached hydrogens (tertiary/aromatic N) is 4. The maximum Gasteiger partial charge on any atom is 0.255 e. The van der Waals surface area contributed by atoms with Crippen molar-refractivity contribution in [3.63, 3.8) is 0 Å². The van der Waals surface area contributed by atoms with Crippen molar-refractivity contribution in [1.82, 2.24) is 19.7 Å². The third-order valence-corrected chi connectivity index (χ3v) is 5.89. The van der Waals surface area contributed by atoms with Crippen molar-refractivity contribution in [2.75, 3.05) is 11.9 Å². The highest BCUT2D eigenvalue weighted by molar-refractivity contribution is 6.04. The van der Waals surface area contributed by atoms with Gasteiger partial charge >= 0.3 is 0 Å². The first-order chi connectivity index (χ1) is 17.3. The van der Waals surface area contributed by atoms with Crippen LogP contribution < -0.4 is 14.8 Å². The van der Waals surface area contributed by atoms with Gasteiger partial charge in [0.2, 0.25) is 5.88 Å². The Bertz CT molecular complexity index is 1350. The SMILES string of the molecule is CCCCOc1ccc(C(=O)Nc2ccc(Oc3cc(-n4nc(C)c(C)c4C)nc(C)n3)cc2)cc1. The van der Waals surface area contributed by atoms with Crippen LogP contribution in [-0.2, 0) is 0 Å². The van der Waals surface area contributed by atoms with E-state index in [1.165, 1.54) is 0 Å². The topological polar surface area (TPSA) is 91.2 Å². The number of benzene rings is 2. The summed E-state index contributed by atoms with van der Waals surface area (Å²) in [6, 6.07) is 16.0. The molecule has 0 saturated heterocycles. The van der Waals surface area contributed by atoms with E-state index in [2.05, 4.69) is 27.3 Å². The van der Waals surface area contributed by atoms with Gasteiger partial charge < -0.3 is 14.8 Å². The molecule has 0 saturated carbocycles. The lowest BCUT2D eigenvalue weighted by Gasteiger charge is -2.10. The van der Waals surface area contributed by atoms with E-state index >= 15 is 0 Å². The van der Waals surface area contributed by atoms with E-state index in [9.17, 15) is 4.79 Å². The van der Waals surface area contributed by atoms with Crippen LogP contribution in [0.4, 0.5) is 5.69 Å². The van der Waals surface area contributed by atoms with Crippen LogP contribution in [0.5, 0.6) is 17.4 Å². The molecule has 186 valence electrons. The molecule has 1 amide bonds. The van der Waals surface area contributed by atoms with Gasteiger partial charge in [-0.15, -0.1) is 0 Å². The van der Waals surface area contributed by atoms with Gasteiger partial charge in [-0.05, 0) is 88.2 Å². The van der Waals surface area contributed by atoms with Crippen molar-refractivity contribution in [3.05, 3.63) is 82.9 Å². The number of carbonyl (C=O) groups excluding carboxylic acids is 1. The molecule has 2 heterocycles. The smallest absolute Gasteiger partial charge is 0.255 e. The molecule has 0 aliphatic rings. The third-order valence-electron chi connectivity index (χ3n) is 5.89. The normalized spacial score (nSPS) is 10.8. The van der Waals surface area contributed by atoms with E-state index in [-0.39, 0.29) is 5.91 Å². The first-order valence-corrected chi connectivity index (χ1v) is 12.0. The van der Waals surface area contributed by atoms with Gasteiger partial charge in [0.05, 0.1) is 12.3 Å². The van der Waals surface area contributed by atoms with Crippen LogP contribution in [0.15, 0.2) is 54.6 Å². The van der Waals surface area contributed by atoms with Crippen molar-refractivity contribution in [2.45, 2.75) is 47.5 Å². The molecule has 0 spiro atoms. The quantitative estimate of drug-likeness (QED) is 0.287. The summed E-state index contributed by atoms with van der Waals surface area (Å²) in [5.41, 5.74) is 4.33. The van der Waals surface area contributed by atoms with Crippen molar-refractivity contribution in [1.29, 1.82) is 0 Å². The Balaban J connectivity index is 1.41. The molecule has 8 nitrogen and oxygen atoms in total. The van der Waals surface area contributed by atoms with Crippen molar-refractivity contribution >= 4 is 11.6 Å². The Morgan fingerprint density at radius 1 is 0.944 bits per heavy atom. The van der Waals surface area contributed by atoms with Gasteiger partial charge in [0.1, 0.15) is 17.3 Å². The molecule has 0 unspecified atom stereocenters. The predicted octanol–water partition coefficient (Wildman–Crippen LogP) is 6.12. The molecular weight excluding hydrogens is 454 g/mol. The number of aryl methyl sites for hydroxylation is 2. The van der Waals surface area contributed by atoms with E-state index in [4.69, 9.17) is 9.47 Å². The molecule has 1 N–H and O–H groups in total. The van der Waals surface area contributed by atoms with Gasteiger partial charge in [-0.1, -0.05) is 13.3 Å². The minimum atomic E-state index is -0.194. The molecule has 0 fully saturated rings. The molecule has 0 aliphatic carbocycles. The number of amides is 1. The highest BCUT2D eigenvalue weighted by Gasteiger charge is 2.13. The summed E-state index contributed by atoms with van der Waals surface area (Å²) in [6.45, 7) is 10.6. The minimum absolute atomic E-state index is 0.194.